The summed E-state index contributed by atoms with van der Waals surface area (Å²) in [5, 5.41) is 8.85. The molecule has 4 N–H and O–H groups in total. The van der Waals surface area contributed by atoms with E-state index in [0.717, 1.165) is 0 Å². The van der Waals surface area contributed by atoms with E-state index >= 15 is 0 Å². The smallest absolute Gasteiger partial charge is 0.291 e. The van der Waals surface area contributed by atoms with Gasteiger partial charge in [0.15, 0.2) is 0 Å². The number of nitrogens with zero attached hydrogens (tertiary/aromatic N) is 1. The zero-order chi connectivity index (χ0) is 10.0. The lowest BCUT2D eigenvalue weighted by Gasteiger charge is -2.03. The van der Waals surface area contributed by atoms with E-state index in [1.807, 2.05) is 0 Å². The first-order valence-corrected chi connectivity index (χ1v) is 3.74. The zero-order valence-corrected chi connectivity index (χ0v) is 7.04. The molecule has 1 rings (SSSR count). The average Bonchev–Trinajstić information content (AvgIpc) is 1.98. The number of nitrogens with one attached hydrogen (secondary N) is 1. The van der Waals surface area contributed by atoms with E-state index in [0.29, 0.717) is 0 Å². The van der Waals surface area contributed by atoms with E-state index in [9.17, 15) is 9.18 Å². The van der Waals surface area contributed by atoms with Gasteiger partial charge in [0.05, 0.1) is 0 Å². The van der Waals surface area contributed by atoms with Crippen molar-refractivity contribution < 1.29 is 9.50 Å². The minimum absolute atomic E-state index is 0.180. The fraction of sp³-hybridized carbons (Fsp3) is 0.429. The Morgan fingerprint density at radius 1 is 1.77 bits per heavy atom. The quantitative estimate of drug-likeness (QED) is 0.582. The molecule has 72 valence electrons. The molecule has 1 atom stereocenters. The van der Waals surface area contributed by atoms with E-state index in [-0.39, 0.29) is 18.3 Å². The first-order valence-electron chi connectivity index (χ1n) is 3.74. The summed E-state index contributed by atoms with van der Waals surface area (Å²) in [5.41, 5.74) is 4.44. The van der Waals surface area contributed by atoms with Crippen LogP contribution < -0.4 is 11.3 Å². The van der Waals surface area contributed by atoms with Crippen LogP contribution in [0, 0.1) is 5.82 Å². The van der Waals surface area contributed by atoms with E-state index in [1.54, 1.807) is 6.92 Å². The third kappa shape index (κ3) is 2.25. The molecule has 0 amide bonds. The molecule has 0 aliphatic heterocycles. The van der Waals surface area contributed by atoms with Crippen LogP contribution in [0.25, 0.3) is 0 Å². The van der Waals surface area contributed by atoms with Crippen LogP contribution in [0.5, 0.6) is 5.88 Å². The highest BCUT2D eigenvalue weighted by Gasteiger charge is 2.10. The van der Waals surface area contributed by atoms with Crippen molar-refractivity contribution in [2.45, 2.75) is 19.4 Å². The molecule has 1 aromatic heterocycles. The van der Waals surface area contributed by atoms with Crippen LogP contribution >= 0.6 is 0 Å². The van der Waals surface area contributed by atoms with E-state index in [2.05, 4.69) is 9.97 Å². The van der Waals surface area contributed by atoms with Gasteiger partial charge in [0.25, 0.3) is 11.4 Å². The number of hydrogen-bond donors (Lipinski definition) is 3. The summed E-state index contributed by atoms with van der Waals surface area (Å²) in [6.45, 7) is 1.71. The maximum atomic E-state index is 12.6. The molecule has 13 heavy (non-hydrogen) atoms. The van der Waals surface area contributed by atoms with Gasteiger partial charge in [0.2, 0.25) is 5.82 Å². The highest BCUT2D eigenvalue weighted by molar-refractivity contribution is 5.10. The molecule has 0 aromatic carbocycles. The zero-order valence-electron chi connectivity index (χ0n) is 7.04. The fourth-order valence-electron chi connectivity index (χ4n) is 0.894. The highest BCUT2D eigenvalue weighted by atomic mass is 19.1. The van der Waals surface area contributed by atoms with Gasteiger partial charge in [-0.2, -0.15) is 9.37 Å². The van der Waals surface area contributed by atoms with Crippen molar-refractivity contribution in [3.63, 3.8) is 0 Å². The van der Waals surface area contributed by atoms with Crippen molar-refractivity contribution in [3.05, 3.63) is 22.0 Å². The second-order valence-corrected chi connectivity index (χ2v) is 2.83. The van der Waals surface area contributed by atoms with Gasteiger partial charge in [-0.1, -0.05) is 0 Å². The van der Waals surface area contributed by atoms with Gasteiger partial charge >= 0.3 is 0 Å². The standard InChI is InChI=1S/C7H10FN3O2/c1-3(9)2-4-10-6(12)5(8)7(13)11-4/h3H,2,9H2,1H3,(H2,10,11,12,13). The minimum atomic E-state index is -1.27. The Balaban J connectivity index is 3.06. The molecule has 0 fully saturated rings. The number of nitrogens with two attached hydrogens (primary N) is 1. The van der Waals surface area contributed by atoms with Crippen molar-refractivity contribution in [2.75, 3.05) is 0 Å². The van der Waals surface area contributed by atoms with Crippen molar-refractivity contribution in [2.24, 2.45) is 5.73 Å². The van der Waals surface area contributed by atoms with Gasteiger partial charge < -0.3 is 15.8 Å². The Bertz CT molecular complexity index is 361. The van der Waals surface area contributed by atoms with Crippen LogP contribution in [0.4, 0.5) is 4.39 Å². The van der Waals surface area contributed by atoms with Gasteiger partial charge in [-0.05, 0) is 6.92 Å². The van der Waals surface area contributed by atoms with E-state index in [4.69, 9.17) is 10.8 Å². The lowest BCUT2D eigenvalue weighted by atomic mass is 10.2. The molecule has 1 heterocycles. The van der Waals surface area contributed by atoms with Gasteiger partial charge in [0.1, 0.15) is 5.82 Å². The summed E-state index contributed by atoms with van der Waals surface area (Å²) in [5.74, 6) is -1.98. The van der Waals surface area contributed by atoms with Crippen LogP contribution in [-0.2, 0) is 6.42 Å². The van der Waals surface area contributed by atoms with Crippen LogP contribution in [0.3, 0.4) is 0 Å². The largest absolute Gasteiger partial charge is 0.491 e. The van der Waals surface area contributed by atoms with Crippen LogP contribution in [0.1, 0.15) is 12.7 Å². The van der Waals surface area contributed by atoms with Crippen molar-refractivity contribution in [3.8, 4) is 5.88 Å². The molecular formula is C7H10FN3O2. The summed E-state index contributed by atoms with van der Waals surface area (Å²) >= 11 is 0. The van der Waals surface area contributed by atoms with Crippen molar-refractivity contribution in [1.29, 1.82) is 0 Å². The molecule has 0 saturated carbocycles. The molecule has 1 aromatic rings. The number of aromatic hydroxyl groups is 1. The Hall–Kier alpha value is -1.43. The normalized spacial score (nSPS) is 12.8. The lowest BCUT2D eigenvalue weighted by molar-refractivity contribution is 0.400. The molecule has 0 spiro atoms. The number of hydrogen-bond acceptors (Lipinski definition) is 4. The van der Waals surface area contributed by atoms with Crippen LogP contribution in [0.15, 0.2) is 4.79 Å². The van der Waals surface area contributed by atoms with Crippen LogP contribution in [0.2, 0.25) is 0 Å². The first-order chi connectivity index (χ1) is 6.00. The van der Waals surface area contributed by atoms with Gasteiger partial charge in [-0.25, -0.2) is 0 Å². The van der Waals surface area contributed by atoms with Gasteiger partial charge in [-0.15, -0.1) is 0 Å². The molecule has 0 bridgehead atoms. The maximum Gasteiger partial charge on any atom is 0.291 e. The first kappa shape index (κ1) is 9.66. The van der Waals surface area contributed by atoms with Crippen molar-refractivity contribution >= 4 is 0 Å². The minimum Gasteiger partial charge on any atom is -0.491 e. The molecule has 1 unspecified atom stereocenters. The fourth-order valence-corrected chi connectivity index (χ4v) is 0.894. The SMILES string of the molecule is CC(N)Cc1nc(O)c(F)c(=O)[nH]1. The topological polar surface area (TPSA) is 92.0 Å². The molecule has 0 aliphatic carbocycles. The number of aromatic nitrogens is 2. The summed E-state index contributed by atoms with van der Waals surface area (Å²) in [4.78, 5) is 16.4. The van der Waals surface area contributed by atoms with Gasteiger partial charge in [0, 0.05) is 12.5 Å². The predicted molar refractivity (Wildman–Crippen MR) is 43.8 cm³/mol. The summed E-state index contributed by atoms with van der Waals surface area (Å²) in [6.07, 6.45) is 0.281. The second kappa shape index (κ2) is 3.53. The molecule has 5 nitrogen and oxygen atoms in total. The third-order valence-electron chi connectivity index (χ3n) is 1.41. The van der Waals surface area contributed by atoms with Gasteiger partial charge in [-0.3, -0.25) is 4.79 Å². The summed E-state index contributed by atoms with van der Waals surface area (Å²) in [6, 6.07) is -0.215. The van der Waals surface area contributed by atoms with E-state index < -0.39 is 17.3 Å². The molecular weight excluding hydrogens is 177 g/mol. The third-order valence-corrected chi connectivity index (χ3v) is 1.41. The number of aromatic amines is 1. The molecule has 6 heteroatoms. The Morgan fingerprint density at radius 2 is 2.38 bits per heavy atom. The lowest BCUT2D eigenvalue weighted by Crippen LogP contribution is -2.23. The summed E-state index contributed by atoms with van der Waals surface area (Å²) < 4.78 is 12.6. The molecule has 0 saturated heterocycles. The molecule has 0 aliphatic rings. The van der Waals surface area contributed by atoms with Crippen LogP contribution in [-0.4, -0.2) is 21.1 Å². The molecule has 0 radical (unpaired) electrons. The summed E-state index contributed by atoms with van der Waals surface area (Å²) in [7, 11) is 0. The van der Waals surface area contributed by atoms with E-state index in [1.165, 1.54) is 0 Å². The second-order valence-electron chi connectivity index (χ2n) is 2.83. The number of rotatable bonds is 2. The number of H-pyrrole nitrogens is 1. The predicted octanol–water partition coefficient (Wildman–Crippen LogP) is -0.496. The monoisotopic (exact) mass is 187 g/mol. The Labute approximate surface area is 73.4 Å². The Morgan fingerprint density at radius 3 is 2.85 bits per heavy atom. The average molecular weight is 187 g/mol. The maximum absolute atomic E-state index is 12.6. The van der Waals surface area contributed by atoms with Crippen molar-refractivity contribution in [1.82, 2.24) is 9.97 Å². The number of halogens is 1. The highest BCUT2D eigenvalue weighted by Crippen LogP contribution is 2.05. The Kier molecular flexibility index (Phi) is 2.62.